The molecule has 0 saturated carbocycles. The Labute approximate surface area is 279 Å². The quantitative estimate of drug-likeness (QED) is 0.143. The first-order chi connectivity index (χ1) is 22.4. The van der Waals surface area contributed by atoms with Crippen LogP contribution in [0.2, 0.25) is 10.0 Å². The molecule has 0 spiro atoms. The lowest BCUT2D eigenvalue weighted by atomic mass is 9.99. The number of fused-ring (bicyclic) bond motifs is 1. The molecule has 7 nitrogen and oxygen atoms in total. The molecule has 0 saturated heterocycles. The maximum absolute atomic E-state index is 14.2. The van der Waals surface area contributed by atoms with E-state index in [1.165, 1.54) is 0 Å². The van der Waals surface area contributed by atoms with Gasteiger partial charge in [-0.15, -0.1) is 0 Å². The van der Waals surface area contributed by atoms with Crippen molar-refractivity contribution in [2.45, 2.75) is 40.7 Å². The van der Waals surface area contributed by atoms with Crippen LogP contribution < -0.4 is 5.32 Å². The van der Waals surface area contributed by atoms with Gasteiger partial charge in [0.05, 0.1) is 30.0 Å². The zero-order valence-electron chi connectivity index (χ0n) is 26.4. The van der Waals surface area contributed by atoms with Crippen LogP contribution in [-0.2, 0) is 0 Å². The molecule has 3 heterocycles. The van der Waals surface area contributed by atoms with E-state index in [1.807, 2.05) is 125 Å². The summed E-state index contributed by atoms with van der Waals surface area (Å²) in [4.78, 5) is 22.5. The molecule has 234 valence electrons. The number of hydrogen-bond donors (Lipinski definition) is 3. The van der Waals surface area contributed by atoms with Crippen molar-refractivity contribution in [3.63, 3.8) is 0 Å². The van der Waals surface area contributed by atoms with E-state index in [0.717, 1.165) is 44.6 Å². The summed E-state index contributed by atoms with van der Waals surface area (Å²) in [5.41, 5.74) is 7.06. The Morgan fingerprint density at radius 3 is 2.39 bits per heavy atom. The summed E-state index contributed by atoms with van der Waals surface area (Å²) in [5.74, 6) is 0.162. The summed E-state index contributed by atoms with van der Waals surface area (Å²) in [6, 6.07) is 23.2. The van der Waals surface area contributed by atoms with E-state index < -0.39 is 0 Å². The number of aromatic nitrogens is 5. The van der Waals surface area contributed by atoms with E-state index in [9.17, 15) is 4.79 Å². The van der Waals surface area contributed by atoms with E-state index in [1.54, 1.807) is 6.20 Å². The van der Waals surface area contributed by atoms with Crippen molar-refractivity contribution < 1.29 is 4.79 Å². The molecule has 46 heavy (non-hydrogen) atoms. The highest BCUT2D eigenvalue weighted by Crippen LogP contribution is 2.41. The summed E-state index contributed by atoms with van der Waals surface area (Å²) < 4.78 is 2.10. The van der Waals surface area contributed by atoms with Crippen molar-refractivity contribution in [2.24, 2.45) is 0 Å². The van der Waals surface area contributed by atoms with E-state index >= 15 is 0 Å². The van der Waals surface area contributed by atoms with Gasteiger partial charge in [-0.05, 0) is 56.2 Å². The molecule has 6 aromatic rings. The molecule has 9 heteroatoms. The summed E-state index contributed by atoms with van der Waals surface area (Å²) in [6.45, 7) is 10.00. The predicted molar refractivity (Wildman–Crippen MR) is 192 cm³/mol. The van der Waals surface area contributed by atoms with Gasteiger partial charge in [-0.1, -0.05) is 104 Å². The van der Waals surface area contributed by atoms with E-state index in [-0.39, 0.29) is 11.9 Å². The molecular formula is C37H36Cl2N6O. The van der Waals surface area contributed by atoms with E-state index in [2.05, 4.69) is 32.0 Å². The normalized spacial score (nSPS) is 12.3. The molecule has 0 aliphatic heterocycles. The van der Waals surface area contributed by atoms with Gasteiger partial charge in [0.1, 0.15) is 11.5 Å². The van der Waals surface area contributed by atoms with Crippen molar-refractivity contribution in [3.05, 3.63) is 130 Å². The number of carbonyl (C=O) groups excluding carboxylic acids is 1. The van der Waals surface area contributed by atoms with Crippen molar-refractivity contribution in [1.29, 1.82) is 0 Å². The van der Waals surface area contributed by atoms with Crippen LogP contribution in [0, 0.1) is 0 Å². The number of imidazole rings is 1. The number of hydrogen-bond acceptors (Lipinski definition) is 3. The van der Waals surface area contributed by atoms with Crippen molar-refractivity contribution in [2.75, 3.05) is 5.32 Å². The average molecular weight is 652 g/mol. The highest BCUT2D eigenvalue weighted by molar-refractivity contribution is 6.31. The molecule has 1 unspecified atom stereocenters. The number of halogens is 2. The molecule has 0 radical (unpaired) electrons. The van der Waals surface area contributed by atoms with Gasteiger partial charge in [0, 0.05) is 37.6 Å². The van der Waals surface area contributed by atoms with Crippen molar-refractivity contribution >= 4 is 51.4 Å². The standard InChI is InChI=1S/C35H30Cl2N6O.C2H6/c1-4-9-22(5-2)28-19-39-42-34(28)41-35(44)32-30(27-17-16-26(37)18-29(27)40-32)33-31(24-10-7-6-8-11-24)38-20-43(33)21(3)23-12-14-25(36)15-13-23;1-2/h4-21,40H,1-3H3,(H2,39,41,42,44);1-2H3/b9-4-,22-5+;. The predicted octanol–water partition coefficient (Wildman–Crippen LogP) is 10.6. The van der Waals surface area contributed by atoms with Crippen LogP contribution in [0.15, 0.2) is 104 Å². The number of nitrogens with one attached hydrogen (secondary N) is 3. The van der Waals surface area contributed by atoms with Crippen LogP contribution in [0.25, 0.3) is 39.0 Å². The Morgan fingerprint density at radius 1 is 0.978 bits per heavy atom. The molecule has 0 aliphatic rings. The molecule has 0 bridgehead atoms. The first-order valence-electron chi connectivity index (χ1n) is 15.2. The van der Waals surface area contributed by atoms with Crippen LogP contribution in [0.4, 0.5) is 5.82 Å². The third kappa shape index (κ3) is 6.43. The highest BCUT2D eigenvalue weighted by atomic mass is 35.5. The van der Waals surface area contributed by atoms with Crippen LogP contribution >= 0.6 is 23.2 Å². The number of benzene rings is 3. The van der Waals surface area contributed by atoms with E-state index in [4.69, 9.17) is 28.2 Å². The second-order valence-corrected chi connectivity index (χ2v) is 11.2. The van der Waals surface area contributed by atoms with Crippen molar-refractivity contribution in [1.82, 2.24) is 24.7 Å². The Bertz CT molecular complexity index is 2020. The Morgan fingerprint density at radius 2 is 1.70 bits per heavy atom. The minimum Gasteiger partial charge on any atom is -0.350 e. The van der Waals surface area contributed by atoms with Gasteiger partial charge in [0.15, 0.2) is 0 Å². The zero-order valence-corrected chi connectivity index (χ0v) is 27.9. The minimum absolute atomic E-state index is 0.127. The van der Waals surface area contributed by atoms with Crippen LogP contribution in [0.3, 0.4) is 0 Å². The zero-order chi connectivity index (χ0) is 32.8. The Balaban J connectivity index is 0.00000204. The summed E-state index contributed by atoms with van der Waals surface area (Å²) >= 11 is 12.6. The first kappa shape index (κ1) is 32.5. The average Bonchev–Trinajstić information content (AvgIpc) is 3.82. The molecule has 3 aromatic heterocycles. The topological polar surface area (TPSA) is 91.4 Å². The number of rotatable bonds is 8. The summed E-state index contributed by atoms with van der Waals surface area (Å²) in [6.07, 6.45) is 9.42. The Kier molecular flexibility index (Phi) is 10.3. The largest absolute Gasteiger partial charge is 0.350 e. The highest BCUT2D eigenvalue weighted by Gasteiger charge is 2.28. The lowest BCUT2D eigenvalue weighted by molar-refractivity contribution is 0.102. The lowest BCUT2D eigenvalue weighted by Crippen LogP contribution is -2.16. The fraction of sp³-hybridized carbons (Fsp3) is 0.162. The maximum Gasteiger partial charge on any atom is 0.273 e. The minimum atomic E-state index is -0.334. The maximum atomic E-state index is 14.2. The molecule has 3 aromatic carbocycles. The van der Waals surface area contributed by atoms with Crippen LogP contribution in [0.1, 0.15) is 62.3 Å². The molecule has 0 fully saturated rings. The van der Waals surface area contributed by atoms with Gasteiger partial charge in [-0.2, -0.15) is 5.10 Å². The molecule has 0 aliphatic carbocycles. The third-order valence-electron chi connectivity index (χ3n) is 7.68. The number of H-pyrrole nitrogens is 2. The van der Waals surface area contributed by atoms with Crippen LogP contribution in [-0.4, -0.2) is 30.6 Å². The second-order valence-electron chi connectivity index (χ2n) is 10.4. The van der Waals surface area contributed by atoms with Gasteiger partial charge >= 0.3 is 0 Å². The number of nitrogens with zero attached hydrogens (tertiary/aromatic N) is 3. The fourth-order valence-corrected chi connectivity index (χ4v) is 5.79. The number of carbonyl (C=O) groups is 1. The van der Waals surface area contributed by atoms with Gasteiger partial charge < -0.3 is 14.9 Å². The molecule has 1 amide bonds. The molecule has 1 atom stereocenters. The summed E-state index contributed by atoms with van der Waals surface area (Å²) in [5, 5.41) is 12.3. The SMILES string of the molecule is C/C=C\C(=C/C)c1cn[nH]c1NC(=O)c1[nH]c2cc(Cl)ccc2c1-c1c(-c2ccccc2)ncn1C(C)c1ccc(Cl)cc1.CC. The van der Waals surface area contributed by atoms with Crippen molar-refractivity contribution in [3.8, 4) is 22.5 Å². The number of allylic oxidation sites excluding steroid dienone is 4. The molecule has 6 rings (SSSR count). The second kappa shape index (κ2) is 14.5. The van der Waals surface area contributed by atoms with Gasteiger partial charge in [-0.3, -0.25) is 9.89 Å². The summed E-state index contributed by atoms with van der Waals surface area (Å²) in [7, 11) is 0. The number of amides is 1. The lowest BCUT2D eigenvalue weighted by Gasteiger charge is -2.19. The van der Waals surface area contributed by atoms with Crippen LogP contribution in [0.5, 0.6) is 0 Å². The Hall–Kier alpha value is -4.85. The smallest absolute Gasteiger partial charge is 0.273 e. The number of aromatic amines is 2. The monoisotopic (exact) mass is 650 g/mol. The fourth-order valence-electron chi connectivity index (χ4n) is 5.49. The van der Waals surface area contributed by atoms with Gasteiger partial charge in [0.25, 0.3) is 5.91 Å². The third-order valence-corrected chi connectivity index (χ3v) is 8.17. The first-order valence-corrected chi connectivity index (χ1v) is 16.0. The molecule has 3 N–H and O–H groups in total. The molecular weight excluding hydrogens is 615 g/mol. The van der Waals surface area contributed by atoms with Gasteiger partial charge in [0.2, 0.25) is 0 Å². The van der Waals surface area contributed by atoms with Gasteiger partial charge in [-0.25, -0.2) is 4.98 Å². The number of anilines is 1. The van der Waals surface area contributed by atoms with E-state index in [0.29, 0.717) is 27.1 Å².